The van der Waals surface area contributed by atoms with Crippen molar-refractivity contribution < 1.29 is 14.6 Å². The van der Waals surface area contributed by atoms with Crippen LogP contribution in [-0.4, -0.2) is 47.3 Å². The number of carbonyl (C=O) groups excluding carboxylic acids is 1. The second kappa shape index (κ2) is 7.25. The van der Waals surface area contributed by atoms with Crippen molar-refractivity contribution in [1.29, 1.82) is 0 Å². The van der Waals surface area contributed by atoms with Crippen molar-refractivity contribution in [2.24, 2.45) is 0 Å². The number of β-amino-alcohol motifs (C(OH)–C–C–N with tert-alkyl or cyclic N) is 1. The highest BCUT2D eigenvalue weighted by Gasteiger charge is 2.38. The molecule has 0 aromatic heterocycles. The summed E-state index contributed by atoms with van der Waals surface area (Å²) in [7, 11) is 0. The van der Waals surface area contributed by atoms with Gasteiger partial charge in [-0.2, -0.15) is 0 Å². The first kappa shape index (κ1) is 15.5. The van der Waals surface area contributed by atoms with E-state index >= 15 is 0 Å². The van der Waals surface area contributed by atoms with Gasteiger partial charge >= 0.3 is 0 Å². The highest BCUT2D eigenvalue weighted by molar-refractivity contribution is 5.79. The largest absolute Gasteiger partial charge is 0.391 e. The fourth-order valence-electron chi connectivity index (χ4n) is 3.63. The quantitative estimate of drug-likeness (QED) is 0.907. The molecule has 4 heteroatoms. The molecule has 3 rings (SSSR count). The van der Waals surface area contributed by atoms with Gasteiger partial charge in [0, 0.05) is 6.54 Å². The van der Waals surface area contributed by atoms with Crippen LogP contribution in [0.4, 0.5) is 0 Å². The summed E-state index contributed by atoms with van der Waals surface area (Å²) in [5, 5.41) is 9.71. The number of ether oxygens (including phenoxy) is 1. The second-order valence-electron chi connectivity index (χ2n) is 6.40. The highest BCUT2D eigenvalue weighted by Crippen LogP contribution is 2.29. The maximum atomic E-state index is 12.0. The molecule has 1 amide bonds. The monoisotopic (exact) mass is 303 g/mol. The Bertz CT molecular complexity index is 490. The van der Waals surface area contributed by atoms with E-state index in [0.717, 1.165) is 32.1 Å². The maximum absolute atomic E-state index is 12.0. The van der Waals surface area contributed by atoms with Gasteiger partial charge in [0.1, 0.15) is 0 Å². The molecular weight excluding hydrogens is 278 g/mol. The maximum Gasteiger partial charge on any atom is 0.225 e. The van der Waals surface area contributed by atoms with Crippen molar-refractivity contribution in [2.75, 3.05) is 13.2 Å². The summed E-state index contributed by atoms with van der Waals surface area (Å²) in [6.45, 7) is 1.16. The van der Waals surface area contributed by atoms with Crippen molar-refractivity contribution in [1.82, 2.24) is 4.90 Å². The molecular formula is C18H25NO3. The van der Waals surface area contributed by atoms with Gasteiger partial charge < -0.3 is 14.7 Å². The summed E-state index contributed by atoms with van der Waals surface area (Å²) in [5.41, 5.74) is 1.28. The predicted molar refractivity (Wildman–Crippen MR) is 84.5 cm³/mol. The summed E-state index contributed by atoms with van der Waals surface area (Å²) in [5.74, 6) is 0.0797. The summed E-state index contributed by atoms with van der Waals surface area (Å²) in [4.78, 5) is 13.9. The normalized spacial score (nSPS) is 29.0. The topological polar surface area (TPSA) is 49.8 Å². The van der Waals surface area contributed by atoms with Gasteiger partial charge in [0.05, 0.1) is 31.3 Å². The van der Waals surface area contributed by atoms with Crippen LogP contribution in [0.25, 0.3) is 0 Å². The van der Waals surface area contributed by atoms with E-state index in [-0.39, 0.29) is 24.5 Å². The first-order valence-electron chi connectivity index (χ1n) is 8.37. The molecule has 1 saturated heterocycles. The van der Waals surface area contributed by atoms with Crippen molar-refractivity contribution in [3.8, 4) is 0 Å². The molecule has 22 heavy (non-hydrogen) atoms. The molecule has 0 spiro atoms. The summed E-state index contributed by atoms with van der Waals surface area (Å²) < 4.78 is 6.12. The fraction of sp³-hybridized carbons (Fsp3) is 0.611. The van der Waals surface area contributed by atoms with Crippen LogP contribution in [0.1, 0.15) is 37.7 Å². The molecule has 3 atom stereocenters. The Balaban J connectivity index is 1.55. The van der Waals surface area contributed by atoms with Crippen molar-refractivity contribution >= 4 is 5.91 Å². The first-order chi connectivity index (χ1) is 10.7. The molecule has 4 nitrogen and oxygen atoms in total. The van der Waals surface area contributed by atoms with Crippen LogP contribution in [0.3, 0.4) is 0 Å². The Morgan fingerprint density at radius 1 is 1.18 bits per heavy atom. The zero-order valence-electron chi connectivity index (χ0n) is 13.0. The van der Waals surface area contributed by atoms with Crippen molar-refractivity contribution in [2.45, 2.75) is 56.8 Å². The van der Waals surface area contributed by atoms with Crippen LogP contribution in [-0.2, 0) is 16.0 Å². The molecule has 2 aliphatic rings. The first-order valence-corrected chi connectivity index (χ1v) is 8.37. The average Bonchev–Trinajstić information content (AvgIpc) is 2.87. The zero-order chi connectivity index (χ0) is 15.4. The molecule has 2 fully saturated rings. The number of rotatable bonds is 5. The third-order valence-electron chi connectivity index (χ3n) is 4.77. The number of aliphatic hydroxyl groups is 1. The van der Waals surface area contributed by atoms with E-state index in [4.69, 9.17) is 4.74 Å². The summed E-state index contributed by atoms with van der Waals surface area (Å²) in [6, 6.07) is 10.5. The predicted octanol–water partition coefficient (Wildman–Crippen LogP) is 2.15. The van der Waals surface area contributed by atoms with Crippen LogP contribution in [0.15, 0.2) is 30.3 Å². The van der Waals surface area contributed by atoms with Gasteiger partial charge in [-0.25, -0.2) is 0 Å². The zero-order valence-corrected chi connectivity index (χ0v) is 13.0. The third-order valence-corrected chi connectivity index (χ3v) is 4.77. The number of likely N-dealkylation sites (tertiary alicyclic amines) is 1. The average molecular weight is 303 g/mol. The molecule has 1 heterocycles. The molecule has 1 saturated carbocycles. The van der Waals surface area contributed by atoms with Crippen LogP contribution in [0, 0.1) is 0 Å². The number of benzene rings is 1. The van der Waals surface area contributed by atoms with Gasteiger partial charge in [0.2, 0.25) is 5.91 Å². The standard InChI is InChI=1S/C18H25NO3/c20-15-12-18(21)19(13-15)16-8-4-5-9-17(16)22-11-10-14-6-2-1-3-7-14/h1-3,6-7,15-17,20H,4-5,8-13H2/t15-,16-,17-/m1/s1. The Morgan fingerprint density at radius 2 is 1.95 bits per heavy atom. The van der Waals surface area contributed by atoms with Gasteiger partial charge in [-0.05, 0) is 24.8 Å². The Labute approximate surface area is 132 Å². The number of aliphatic hydroxyl groups excluding tert-OH is 1. The lowest BCUT2D eigenvalue weighted by atomic mass is 9.91. The molecule has 120 valence electrons. The lowest BCUT2D eigenvalue weighted by Crippen LogP contribution is -2.47. The Hall–Kier alpha value is -1.39. The SMILES string of the molecule is O=C1C[C@@H](O)CN1[C@@H]1CCCC[C@H]1OCCc1ccccc1. The van der Waals surface area contributed by atoms with Gasteiger partial charge in [-0.3, -0.25) is 4.79 Å². The minimum absolute atomic E-state index is 0.0797. The minimum Gasteiger partial charge on any atom is -0.391 e. The lowest BCUT2D eigenvalue weighted by Gasteiger charge is -2.37. The van der Waals surface area contributed by atoms with E-state index in [1.54, 1.807) is 0 Å². The number of amides is 1. The molecule has 1 N–H and O–H groups in total. The van der Waals surface area contributed by atoms with Gasteiger partial charge in [0.25, 0.3) is 0 Å². The van der Waals surface area contributed by atoms with Crippen LogP contribution >= 0.6 is 0 Å². The Morgan fingerprint density at radius 3 is 2.68 bits per heavy atom. The molecule has 1 aliphatic heterocycles. The van der Waals surface area contributed by atoms with E-state index in [1.165, 1.54) is 5.56 Å². The van der Waals surface area contributed by atoms with Crippen LogP contribution in [0.5, 0.6) is 0 Å². The van der Waals surface area contributed by atoms with E-state index in [9.17, 15) is 9.90 Å². The number of hydrogen-bond acceptors (Lipinski definition) is 3. The summed E-state index contributed by atoms with van der Waals surface area (Å²) in [6.07, 6.45) is 5.10. The van der Waals surface area contributed by atoms with Crippen LogP contribution < -0.4 is 0 Å². The summed E-state index contributed by atoms with van der Waals surface area (Å²) >= 11 is 0. The van der Waals surface area contributed by atoms with E-state index in [0.29, 0.717) is 13.2 Å². The fourth-order valence-corrected chi connectivity index (χ4v) is 3.63. The number of carbonyl (C=O) groups is 1. The molecule has 1 aliphatic carbocycles. The van der Waals surface area contributed by atoms with Crippen molar-refractivity contribution in [3.05, 3.63) is 35.9 Å². The highest BCUT2D eigenvalue weighted by atomic mass is 16.5. The van der Waals surface area contributed by atoms with E-state index in [2.05, 4.69) is 12.1 Å². The van der Waals surface area contributed by atoms with Gasteiger partial charge in [0.15, 0.2) is 0 Å². The molecule has 0 radical (unpaired) electrons. The minimum atomic E-state index is -0.501. The van der Waals surface area contributed by atoms with Crippen LogP contribution in [0.2, 0.25) is 0 Å². The Kier molecular flexibility index (Phi) is 5.11. The third kappa shape index (κ3) is 3.68. The molecule has 0 bridgehead atoms. The van der Waals surface area contributed by atoms with Gasteiger partial charge in [-0.1, -0.05) is 43.2 Å². The number of hydrogen-bond donors (Lipinski definition) is 1. The molecule has 0 unspecified atom stereocenters. The molecule has 1 aromatic rings. The van der Waals surface area contributed by atoms with E-state index < -0.39 is 6.10 Å². The van der Waals surface area contributed by atoms with Crippen molar-refractivity contribution in [3.63, 3.8) is 0 Å². The number of nitrogens with zero attached hydrogens (tertiary/aromatic N) is 1. The molecule has 1 aromatic carbocycles. The second-order valence-corrected chi connectivity index (χ2v) is 6.40. The smallest absolute Gasteiger partial charge is 0.225 e. The lowest BCUT2D eigenvalue weighted by molar-refractivity contribution is -0.134. The van der Waals surface area contributed by atoms with Gasteiger partial charge in [-0.15, -0.1) is 0 Å². The van der Waals surface area contributed by atoms with E-state index in [1.807, 2.05) is 23.1 Å².